The number of aliphatic carboxylic acids is 1. The Kier molecular flexibility index (Phi) is 5.06. The number of benzene rings is 1. The van der Waals surface area contributed by atoms with Crippen LogP contribution in [0.1, 0.15) is 6.92 Å². The highest BCUT2D eigenvalue weighted by Crippen LogP contribution is 2.18. The summed E-state index contributed by atoms with van der Waals surface area (Å²) >= 11 is 5.56. The largest absolute Gasteiger partial charge is 0.480 e. The van der Waals surface area contributed by atoms with Crippen LogP contribution in [0.15, 0.2) is 18.2 Å². The summed E-state index contributed by atoms with van der Waals surface area (Å²) in [4.78, 5) is 21.9. The predicted octanol–water partition coefficient (Wildman–Crippen LogP) is 1.48. The second kappa shape index (κ2) is 6.32. The van der Waals surface area contributed by atoms with Crippen molar-refractivity contribution in [2.24, 2.45) is 0 Å². The summed E-state index contributed by atoms with van der Waals surface area (Å²) in [7, 11) is 0. The molecule has 0 spiro atoms. The number of carbonyl (C=O) groups excluding carboxylic acids is 1. The molecule has 3 N–H and O–H groups in total. The molecule has 0 aliphatic rings. The maximum absolute atomic E-state index is 13.3. The van der Waals surface area contributed by atoms with Gasteiger partial charge in [-0.25, -0.2) is 4.39 Å². The van der Waals surface area contributed by atoms with Crippen molar-refractivity contribution in [3.05, 3.63) is 29.0 Å². The molecule has 0 saturated heterocycles. The molecular formula is C11H12ClFN2O3. The van der Waals surface area contributed by atoms with Crippen LogP contribution in [0, 0.1) is 5.82 Å². The molecule has 0 radical (unpaired) electrons. The third-order valence-corrected chi connectivity index (χ3v) is 2.38. The topological polar surface area (TPSA) is 78.4 Å². The molecule has 7 heteroatoms. The maximum atomic E-state index is 13.3. The van der Waals surface area contributed by atoms with Gasteiger partial charge in [0.2, 0.25) is 5.91 Å². The standard InChI is InChI=1S/C11H12ClFN2O3/c1-6(11(17)18)14-5-10(16)15-9-3-2-7(12)4-8(9)13/h2-4,6,14H,5H2,1H3,(H,15,16)(H,17,18)/t6-/m0/s1. The van der Waals surface area contributed by atoms with Gasteiger partial charge in [-0.05, 0) is 25.1 Å². The van der Waals surface area contributed by atoms with Crippen LogP contribution in [0.5, 0.6) is 0 Å². The third kappa shape index (κ3) is 4.31. The highest BCUT2D eigenvalue weighted by molar-refractivity contribution is 6.30. The van der Waals surface area contributed by atoms with Crippen molar-refractivity contribution in [3.63, 3.8) is 0 Å². The van der Waals surface area contributed by atoms with Crippen LogP contribution in [0.4, 0.5) is 10.1 Å². The Morgan fingerprint density at radius 1 is 1.50 bits per heavy atom. The van der Waals surface area contributed by atoms with Gasteiger partial charge in [-0.2, -0.15) is 0 Å². The molecule has 18 heavy (non-hydrogen) atoms. The summed E-state index contributed by atoms with van der Waals surface area (Å²) < 4.78 is 13.3. The molecule has 0 aliphatic heterocycles. The van der Waals surface area contributed by atoms with Crippen LogP contribution in [0.3, 0.4) is 0 Å². The molecule has 1 aromatic rings. The van der Waals surface area contributed by atoms with E-state index in [1.54, 1.807) is 0 Å². The maximum Gasteiger partial charge on any atom is 0.320 e. The van der Waals surface area contributed by atoms with Gasteiger partial charge in [-0.1, -0.05) is 11.6 Å². The minimum absolute atomic E-state index is 0.00539. The Morgan fingerprint density at radius 3 is 2.72 bits per heavy atom. The van der Waals surface area contributed by atoms with Crippen LogP contribution in [-0.4, -0.2) is 29.6 Å². The Balaban J connectivity index is 2.52. The molecule has 0 unspecified atom stereocenters. The van der Waals surface area contributed by atoms with E-state index in [1.807, 2.05) is 0 Å². The Labute approximate surface area is 108 Å². The summed E-state index contributed by atoms with van der Waals surface area (Å²) in [6.07, 6.45) is 0. The lowest BCUT2D eigenvalue weighted by Crippen LogP contribution is -2.39. The minimum Gasteiger partial charge on any atom is -0.480 e. The van der Waals surface area contributed by atoms with E-state index in [9.17, 15) is 14.0 Å². The minimum atomic E-state index is -1.07. The van der Waals surface area contributed by atoms with Crippen molar-refractivity contribution in [2.45, 2.75) is 13.0 Å². The van der Waals surface area contributed by atoms with E-state index in [2.05, 4.69) is 10.6 Å². The van der Waals surface area contributed by atoms with Crippen LogP contribution >= 0.6 is 11.6 Å². The highest BCUT2D eigenvalue weighted by Gasteiger charge is 2.12. The number of hydrogen-bond donors (Lipinski definition) is 3. The van der Waals surface area contributed by atoms with Gasteiger partial charge in [0.25, 0.3) is 0 Å². The van der Waals surface area contributed by atoms with E-state index in [0.29, 0.717) is 0 Å². The second-order valence-corrected chi connectivity index (χ2v) is 4.05. The fraction of sp³-hybridized carbons (Fsp3) is 0.273. The molecule has 0 aliphatic carbocycles. The molecule has 1 aromatic carbocycles. The molecule has 0 aromatic heterocycles. The zero-order chi connectivity index (χ0) is 13.7. The number of rotatable bonds is 5. The first kappa shape index (κ1) is 14.4. The zero-order valence-corrected chi connectivity index (χ0v) is 10.3. The number of carbonyl (C=O) groups is 2. The van der Waals surface area contributed by atoms with Gasteiger partial charge in [0.1, 0.15) is 11.9 Å². The normalized spacial score (nSPS) is 11.9. The fourth-order valence-corrected chi connectivity index (χ4v) is 1.28. The van der Waals surface area contributed by atoms with E-state index in [-0.39, 0.29) is 17.3 Å². The number of carboxylic acids is 1. The highest BCUT2D eigenvalue weighted by atomic mass is 35.5. The number of hydrogen-bond acceptors (Lipinski definition) is 3. The smallest absolute Gasteiger partial charge is 0.320 e. The SMILES string of the molecule is C[C@H](NCC(=O)Nc1ccc(Cl)cc1F)C(=O)O. The average Bonchev–Trinajstić information content (AvgIpc) is 2.29. The number of anilines is 1. The Bertz CT molecular complexity index is 468. The molecule has 1 atom stereocenters. The number of amides is 1. The summed E-state index contributed by atoms with van der Waals surface area (Å²) in [6, 6.07) is 2.99. The van der Waals surface area contributed by atoms with Gasteiger partial charge in [0.05, 0.1) is 12.2 Å². The molecule has 98 valence electrons. The first-order chi connectivity index (χ1) is 8.40. The number of carboxylic acid groups (broad SMARTS) is 1. The van der Waals surface area contributed by atoms with Gasteiger partial charge in [0.15, 0.2) is 0 Å². The van der Waals surface area contributed by atoms with Crippen molar-refractivity contribution in [2.75, 3.05) is 11.9 Å². The summed E-state index contributed by atoms with van der Waals surface area (Å²) in [5, 5.41) is 13.6. The fourth-order valence-electron chi connectivity index (χ4n) is 1.12. The van der Waals surface area contributed by atoms with E-state index >= 15 is 0 Å². The number of halogens is 2. The predicted molar refractivity (Wildman–Crippen MR) is 65.1 cm³/mol. The quantitative estimate of drug-likeness (QED) is 0.760. The Morgan fingerprint density at radius 2 is 2.17 bits per heavy atom. The second-order valence-electron chi connectivity index (χ2n) is 3.61. The van der Waals surface area contributed by atoms with Crippen molar-refractivity contribution in [1.29, 1.82) is 0 Å². The zero-order valence-electron chi connectivity index (χ0n) is 9.54. The van der Waals surface area contributed by atoms with Crippen molar-refractivity contribution in [1.82, 2.24) is 5.32 Å². The molecule has 0 fully saturated rings. The van der Waals surface area contributed by atoms with Crippen molar-refractivity contribution < 1.29 is 19.1 Å². The third-order valence-electron chi connectivity index (χ3n) is 2.14. The Hall–Kier alpha value is -1.66. The summed E-state index contributed by atoms with van der Waals surface area (Å²) in [6.45, 7) is 1.17. The van der Waals surface area contributed by atoms with Crippen LogP contribution in [-0.2, 0) is 9.59 Å². The first-order valence-electron chi connectivity index (χ1n) is 5.11. The van der Waals surface area contributed by atoms with Crippen molar-refractivity contribution in [3.8, 4) is 0 Å². The van der Waals surface area contributed by atoms with Crippen molar-refractivity contribution >= 4 is 29.2 Å². The van der Waals surface area contributed by atoms with E-state index in [4.69, 9.17) is 16.7 Å². The molecule has 0 bridgehead atoms. The van der Waals surface area contributed by atoms with Gasteiger partial charge in [0, 0.05) is 5.02 Å². The molecule has 0 saturated carbocycles. The average molecular weight is 275 g/mol. The molecule has 5 nitrogen and oxygen atoms in total. The summed E-state index contributed by atoms with van der Waals surface area (Å²) in [5.74, 6) is -2.26. The van der Waals surface area contributed by atoms with E-state index in [0.717, 1.165) is 6.07 Å². The van der Waals surface area contributed by atoms with E-state index < -0.39 is 23.7 Å². The van der Waals surface area contributed by atoms with Gasteiger partial charge in [-0.3, -0.25) is 14.9 Å². The molecule has 1 rings (SSSR count). The first-order valence-corrected chi connectivity index (χ1v) is 5.49. The van der Waals surface area contributed by atoms with Gasteiger partial charge in [-0.15, -0.1) is 0 Å². The van der Waals surface area contributed by atoms with Crippen LogP contribution < -0.4 is 10.6 Å². The lowest BCUT2D eigenvalue weighted by Gasteiger charge is -2.10. The molecule has 0 heterocycles. The van der Waals surface area contributed by atoms with Crippen LogP contribution in [0.2, 0.25) is 5.02 Å². The number of nitrogens with one attached hydrogen (secondary N) is 2. The van der Waals surface area contributed by atoms with Gasteiger partial charge >= 0.3 is 5.97 Å². The monoisotopic (exact) mass is 274 g/mol. The lowest BCUT2D eigenvalue weighted by molar-refractivity contribution is -0.139. The molecular weight excluding hydrogens is 263 g/mol. The summed E-state index contributed by atoms with van der Waals surface area (Å²) in [5.41, 5.74) is -0.00539. The van der Waals surface area contributed by atoms with Gasteiger partial charge < -0.3 is 10.4 Å². The van der Waals surface area contributed by atoms with E-state index in [1.165, 1.54) is 19.1 Å². The lowest BCUT2D eigenvalue weighted by atomic mass is 10.3. The molecule has 1 amide bonds. The van der Waals surface area contributed by atoms with Crippen LogP contribution in [0.25, 0.3) is 0 Å².